The molecule has 0 bridgehead atoms. The highest BCUT2D eigenvalue weighted by Crippen LogP contribution is 2.27. The highest BCUT2D eigenvalue weighted by molar-refractivity contribution is 9.10. The molecule has 1 saturated heterocycles. The van der Waals surface area contributed by atoms with Gasteiger partial charge in [0.05, 0.1) is 0 Å². The van der Waals surface area contributed by atoms with Crippen LogP contribution in [0, 0.1) is 5.92 Å². The van der Waals surface area contributed by atoms with E-state index in [0.29, 0.717) is 11.9 Å². The minimum atomic E-state index is 0.578. The number of thioether (sulfide) groups is 1. The summed E-state index contributed by atoms with van der Waals surface area (Å²) in [4.78, 5) is 8.82. The van der Waals surface area contributed by atoms with Crippen LogP contribution in [0.25, 0.3) is 11.2 Å². The number of aromatic nitrogens is 3. The molecule has 4 nitrogen and oxygen atoms in total. The maximum absolute atomic E-state index is 6.01. The van der Waals surface area contributed by atoms with Crippen molar-refractivity contribution in [2.24, 2.45) is 5.92 Å². The Bertz CT molecular complexity index is 562. The standard InChI is InChI=1S/C12H15BrN4S/c13-9-5-10-11(15-6-9)17(12(14)16-10)7-8-1-3-18-4-2-8/h5-6,8H,1-4,7H2,(H2,14,16). The fourth-order valence-electron chi connectivity index (χ4n) is 2.37. The van der Waals surface area contributed by atoms with E-state index in [1.165, 1.54) is 24.3 Å². The van der Waals surface area contributed by atoms with Crippen LogP contribution >= 0.6 is 27.7 Å². The number of anilines is 1. The van der Waals surface area contributed by atoms with Crippen molar-refractivity contribution >= 4 is 44.8 Å². The van der Waals surface area contributed by atoms with E-state index in [-0.39, 0.29) is 0 Å². The molecule has 0 spiro atoms. The molecule has 0 unspecified atom stereocenters. The number of nitrogen functional groups attached to an aromatic ring is 1. The average molecular weight is 327 g/mol. The van der Waals surface area contributed by atoms with E-state index in [1.807, 2.05) is 17.8 Å². The van der Waals surface area contributed by atoms with Crippen LogP contribution in [0.15, 0.2) is 16.7 Å². The van der Waals surface area contributed by atoms with Crippen LogP contribution < -0.4 is 5.73 Å². The van der Waals surface area contributed by atoms with Gasteiger partial charge >= 0.3 is 0 Å². The molecule has 3 rings (SSSR count). The molecule has 0 atom stereocenters. The van der Waals surface area contributed by atoms with Crippen molar-refractivity contribution in [3.05, 3.63) is 16.7 Å². The molecule has 1 fully saturated rings. The van der Waals surface area contributed by atoms with E-state index in [9.17, 15) is 0 Å². The molecular formula is C12H15BrN4S. The molecule has 1 aliphatic rings. The molecular weight excluding hydrogens is 312 g/mol. The number of halogens is 1. The molecule has 3 heterocycles. The van der Waals surface area contributed by atoms with Gasteiger partial charge in [-0.15, -0.1) is 0 Å². The third-order valence-corrected chi connectivity index (χ3v) is 4.85. The Morgan fingerprint density at radius 1 is 1.44 bits per heavy atom. The Morgan fingerprint density at radius 2 is 2.22 bits per heavy atom. The maximum atomic E-state index is 6.01. The van der Waals surface area contributed by atoms with E-state index in [2.05, 4.69) is 30.5 Å². The minimum absolute atomic E-state index is 0.578. The second-order valence-electron chi connectivity index (χ2n) is 4.63. The highest BCUT2D eigenvalue weighted by Gasteiger charge is 2.18. The summed E-state index contributed by atoms with van der Waals surface area (Å²) in [6, 6.07) is 1.96. The Hall–Kier alpha value is -0.750. The van der Waals surface area contributed by atoms with E-state index >= 15 is 0 Å². The first-order chi connectivity index (χ1) is 8.74. The molecule has 0 saturated carbocycles. The number of hydrogen-bond donors (Lipinski definition) is 1. The van der Waals surface area contributed by atoms with Crippen LogP contribution in [0.3, 0.4) is 0 Å². The highest BCUT2D eigenvalue weighted by atomic mass is 79.9. The number of imidazole rings is 1. The molecule has 1 aliphatic heterocycles. The Labute approximate surface area is 118 Å². The van der Waals surface area contributed by atoms with E-state index in [1.54, 1.807) is 6.20 Å². The first kappa shape index (κ1) is 12.3. The van der Waals surface area contributed by atoms with Crippen LogP contribution in [-0.2, 0) is 6.54 Å². The molecule has 96 valence electrons. The summed E-state index contributed by atoms with van der Waals surface area (Å²) in [5.41, 5.74) is 7.78. The third kappa shape index (κ3) is 2.36. The van der Waals surface area contributed by atoms with Crippen LogP contribution in [0.2, 0.25) is 0 Å². The zero-order valence-corrected chi connectivity index (χ0v) is 12.4. The fraction of sp³-hybridized carbons (Fsp3) is 0.500. The monoisotopic (exact) mass is 326 g/mol. The van der Waals surface area contributed by atoms with Crippen molar-refractivity contribution in [2.45, 2.75) is 19.4 Å². The SMILES string of the molecule is Nc1nc2cc(Br)cnc2n1CC1CCSCC1. The normalized spacial score (nSPS) is 17.4. The molecule has 0 aromatic carbocycles. The van der Waals surface area contributed by atoms with Gasteiger partial charge in [-0.3, -0.25) is 4.57 Å². The zero-order chi connectivity index (χ0) is 12.5. The second kappa shape index (κ2) is 5.09. The van der Waals surface area contributed by atoms with Gasteiger partial charge in [0.25, 0.3) is 0 Å². The molecule has 18 heavy (non-hydrogen) atoms. The van der Waals surface area contributed by atoms with Crippen LogP contribution in [0.1, 0.15) is 12.8 Å². The smallest absolute Gasteiger partial charge is 0.202 e. The summed E-state index contributed by atoms with van der Waals surface area (Å²) >= 11 is 5.45. The molecule has 6 heteroatoms. The van der Waals surface area contributed by atoms with Gasteiger partial charge in [-0.05, 0) is 52.3 Å². The van der Waals surface area contributed by atoms with Crippen LogP contribution in [0.4, 0.5) is 5.95 Å². The lowest BCUT2D eigenvalue weighted by atomic mass is 10.0. The quantitative estimate of drug-likeness (QED) is 0.921. The fourth-order valence-corrected chi connectivity index (χ4v) is 3.89. The largest absolute Gasteiger partial charge is 0.369 e. The minimum Gasteiger partial charge on any atom is -0.369 e. The van der Waals surface area contributed by atoms with Crippen LogP contribution in [0.5, 0.6) is 0 Å². The molecule has 2 aromatic heterocycles. The zero-order valence-electron chi connectivity index (χ0n) is 9.97. The lowest BCUT2D eigenvalue weighted by Crippen LogP contribution is -2.17. The van der Waals surface area contributed by atoms with Crippen molar-refractivity contribution in [3.63, 3.8) is 0 Å². The van der Waals surface area contributed by atoms with Crippen molar-refractivity contribution in [3.8, 4) is 0 Å². The number of nitrogens with two attached hydrogens (primary N) is 1. The third-order valence-electron chi connectivity index (χ3n) is 3.36. The first-order valence-corrected chi connectivity index (χ1v) is 8.04. The predicted molar refractivity (Wildman–Crippen MR) is 79.7 cm³/mol. The average Bonchev–Trinajstić information content (AvgIpc) is 2.66. The van der Waals surface area contributed by atoms with Gasteiger partial charge in [0.2, 0.25) is 5.95 Å². The van der Waals surface area contributed by atoms with Crippen molar-refractivity contribution < 1.29 is 0 Å². The second-order valence-corrected chi connectivity index (χ2v) is 6.77. The van der Waals surface area contributed by atoms with Gasteiger partial charge in [0.1, 0.15) is 5.52 Å². The number of pyridine rings is 1. The van der Waals surface area contributed by atoms with E-state index < -0.39 is 0 Å². The van der Waals surface area contributed by atoms with Crippen molar-refractivity contribution in [1.29, 1.82) is 0 Å². The molecule has 2 N–H and O–H groups in total. The number of hydrogen-bond acceptors (Lipinski definition) is 4. The van der Waals surface area contributed by atoms with Gasteiger partial charge in [-0.1, -0.05) is 0 Å². The summed E-state index contributed by atoms with van der Waals surface area (Å²) in [5.74, 6) is 3.80. The molecule has 0 amide bonds. The molecule has 0 aliphatic carbocycles. The summed E-state index contributed by atoms with van der Waals surface area (Å²) < 4.78 is 3.00. The summed E-state index contributed by atoms with van der Waals surface area (Å²) in [6.45, 7) is 0.942. The Morgan fingerprint density at radius 3 is 3.00 bits per heavy atom. The summed E-state index contributed by atoms with van der Waals surface area (Å²) in [5, 5.41) is 0. The topological polar surface area (TPSA) is 56.7 Å². The Balaban J connectivity index is 1.92. The van der Waals surface area contributed by atoms with Gasteiger partial charge in [-0.25, -0.2) is 9.97 Å². The lowest BCUT2D eigenvalue weighted by molar-refractivity contribution is 0.424. The van der Waals surface area contributed by atoms with Gasteiger partial charge in [-0.2, -0.15) is 11.8 Å². The van der Waals surface area contributed by atoms with Gasteiger partial charge in [0, 0.05) is 17.2 Å². The summed E-state index contributed by atoms with van der Waals surface area (Å²) in [7, 11) is 0. The first-order valence-electron chi connectivity index (χ1n) is 6.09. The lowest BCUT2D eigenvalue weighted by Gasteiger charge is -2.22. The number of rotatable bonds is 2. The van der Waals surface area contributed by atoms with E-state index in [0.717, 1.165) is 22.2 Å². The number of nitrogens with zero attached hydrogens (tertiary/aromatic N) is 3. The van der Waals surface area contributed by atoms with Gasteiger partial charge in [0.15, 0.2) is 5.65 Å². The van der Waals surface area contributed by atoms with E-state index in [4.69, 9.17) is 5.73 Å². The van der Waals surface area contributed by atoms with Gasteiger partial charge < -0.3 is 5.73 Å². The summed E-state index contributed by atoms with van der Waals surface area (Å²) in [6.07, 6.45) is 4.33. The molecule has 0 radical (unpaired) electrons. The predicted octanol–water partition coefficient (Wildman–Crippen LogP) is 2.92. The van der Waals surface area contributed by atoms with Crippen LogP contribution in [-0.4, -0.2) is 26.0 Å². The van der Waals surface area contributed by atoms with Crippen molar-refractivity contribution in [2.75, 3.05) is 17.2 Å². The van der Waals surface area contributed by atoms with Crippen molar-refractivity contribution in [1.82, 2.24) is 14.5 Å². The maximum Gasteiger partial charge on any atom is 0.202 e. The number of fused-ring (bicyclic) bond motifs is 1. The Kier molecular flexibility index (Phi) is 3.48. The molecule has 2 aromatic rings.